The predicted octanol–water partition coefficient (Wildman–Crippen LogP) is 12.5. The largest absolute Gasteiger partial charge is 0.455 e. The highest BCUT2D eigenvalue weighted by Crippen LogP contribution is 2.44. The van der Waals surface area contributed by atoms with E-state index in [1.807, 2.05) is 72.1 Å². The molecule has 0 atom stereocenters. The highest BCUT2D eigenvalue weighted by molar-refractivity contribution is 7.25. The third-order valence-electron chi connectivity index (χ3n) is 9.37. The fourth-order valence-corrected chi connectivity index (χ4v) is 8.13. The Morgan fingerprint density at radius 1 is 0.440 bits per heavy atom. The van der Waals surface area contributed by atoms with Crippen molar-refractivity contribution in [1.29, 1.82) is 0 Å². The zero-order chi connectivity index (χ0) is 33.0. The van der Waals surface area contributed by atoms with Crippen LogP contribution in [-0.4, -0.2) is 15.0 Å². The zero-order valence-corrected chi connectivity index (χ0v) is 27.6. The highest BCUT2D eigenvalue weighted by atomic mass is 32.1. The molecule has 0 fully saturated rings. The highest BCUT2D eigenvalue weighted by Gasteiger charge is 2.20. The van der Waals surface area contributed by atoms with E-state index in [2.05, 4.69) is 108 Å². The van der Waals surface area contributed by atoms with Gasteiger partial charge in [0, 0.05) is 59.4 Å². The summed E-state index contributed by atoms with van der Waals surface area (Å²) in [5, 5.41) is 4.74. The molecule has 0 bridgehead atoms. The van der Waals surface area contributed by atoms with Crippen LogP contribution < -0.4 is 0 Å². The number of fused-ring (bicyclic) bond motifs is 6. The molecule has 0 saturated carbocycles. The fraction of sp³-hybridized carbons (Fsp3) is 0. The van der Waals surface area contributed by atoms with E-state index in [4.69, 9.17) is 14.4 Å². The van der Waals surface area contributed by atoms with E-state index in [1.165, 1.54) is 20.2 Å². The van der Waals surface area contributed by atoms with Gasteiger partial charge in [-0.25, -0.2) is 9.97 Å². The van der Waals surface area contributed by atoms with Crippen LogP contribution in [0.4, 0.5) is 0 Å². The smallest absolute Gasteiger partial charge is 0.160 e. The number of hydrogen-bond acceptors (Lipinski definition) is 5. The molecule has 0 spiro atoms. The van der Waals surface area contributed by atoms with E-state index in [0.717, 1.165) is 72.4 Å². The van der Waals surface area contributed by atoms with Crippen molar-refractivity contribution >= 4 is 53.4 Å². The van der Waals surface area contributed by atoms with E-state index < -0.39 is 0 Å². The van der Waals surface area contributed by atoms with Crippen molar-refractivity contribution in [2.75, 3.05) is 0 Å². The summed E-state index contributed by atoms with van der Waals surface area (Å²) in [4.78, 5) is 14.9. The van der Waals surface area contributed by atoms with Gasteiger partial charge in [0.05, 0.1) is 17.1 Å². The Morgan fingerprint density at radius 2 is 1.18 bits per heavy atom. The molecule has 0 saturated heterocycles. The average Bonchev–Trinajstić information content (AvgIpc) is 3.77. The third kappa shape index (κ3) is 4.79. The Morgan fingerprint density at radius 3 is 2.08 bits per heavy atom. The molecule has 0 aliphatic carbocycles. The maximum absolute atomic E-state index is 6.74. The Hall–Kier alpha value is -6.43. The molecule has 0 N–H and O–H groups in total. The lowest BCUT2D eigenvalue weighted by atomic mass is 9.95. The standard InChI is InChI=1S/C45H27N3OS/c1-2-11-28(12-3-1)38-27-39(48-45(47-38)31-14-10-13-30(25-31)37-17-8-9-24-46-37)35-23-22-32(43-36-16-4-6-18-40(36)49-44(35)43)29-20-21-34-33-15-5-7-19-41(33)50-42(34)26-29/h1-27H. The maximum atomic E-state index is 6.74. The van der Waals surface area contributed by atoms with Crippen molar-refractivity contribution in [3.05, 3.63) is 164 Å². The van der Waals surface area contributed by atoms with Gasteiger partial charge in [0.1, 0.15) is 11.2 Å². The van der Waals surface area contributed by atoms with Crippen molar-refractivity contribution in [2.45, 2.75) is 0 Å². The molecule has 4 aromatic heterocycles. The summed E-state index contributed by atoms with van der Waals surface area (Å²) >= 11 is 1.84. The predicted molar refractivity (Wildman–Crippen MR) is 207 cm³/mol. The lowest BCUT2D eigenvalue weighted by Gasteiger charge is -2.12. The van der Waals surface area contributed by atoms with Crippen LogP contribution in [-0.2, 0) is 0 Å². The molecule has 0 aliphatic heterocycles. The van der Waals surface area contributed by atoms with Crippen molar-refractivity contribution in [3.8, 4) is 56.3 Å². The molecule has 6 aromatic carbocycles. The first-order valence-electron chi connectivity index (χ1n) is 16.6. The summed E-state index contributed by atoms with van der Waals surface area (Å²) in [5.41, 5.74) is 10.4. The van der Waals surface area contributed by atoms with Gasteiger partial charge in [0.15, 0.2) is 5.82 Å². The monoisotopic (exact) mass is 657 g/mol. The number of rotatable bonds is 5. The van der Waals surface area contributed by atoms with Gasteiger partial charge in [-0.1, -0.05) is 109 Å². The Balaban J connectivity index is 1.19. The van der Waals surface area contributed by atoms with Gasteiger partial charge in [0.2, 0.25) is 0 Å². The van der Waals surface area contributed by atoms with Gasteiger partial charge >= 0.3 is 0 Å². The van der Waals surface area contributed by atoms with Crippen LogP contribution in [0.15, 0.2) is 168 Å². The summed E-state index contributed by atoms with van der Waals surface area (Å²) in [6, 6.07) is 54.7. The fourth-order valence-electron chi connectivity index (χ4n) is 6.99. The molecular weight excluding hydrogens is 631 g/mol. The second kappa shape index (κ2) is 11.6. The van der Waals surface area contributed by atoms with Gasteiger partial charge < -0.3 is 4.42 Å². The molecule has 10 rings (SSSR count). The van der Waals surface area contributed by atoms with E-state index in [-0.39, 0.29) is 0 Å². The van der Waals surface area contributed by atoms with Crippen LogP contribution in [0.3, 0.4) is 0 Å². The zero-order valence-electron chi connectivity index (χ0n) is 26.7. The normalized spacial score (nSPS) is 11.6. The topological polar surface area (TPSA) is 51.8 Å². The number of nitrogens with zero attached hydrogens (tertiary/aromatic N) is 3. The average molecular weight is 658 g/mol. The molecule has 234 valence electrons. The SMILES string of the molecule is c1ccc(-c2cc(-c3ccc(-c4ccc5c(c4)sc4ccccc45)c4c3oc3ccccc34)nc(-c3cccc(-c4ccccn4)c3)n2)cc1. The van der Waals surface area contributed by atoms with Gasteiger partial charge in [-0.05, 0) is 59.7 Å². The summed E-state index contributed by atoms with van der Waals surface area (Å²) in [6.07, 6.45) is 1.81. The van der Waals surface area contributed by atoms with Gasteiger partial charge in [0.25, 0.3) is 0 Å². The summed E-state index contributed by atoms with van der Waals surface area (Å²) in [5.74, 6) is 0.641. The van der Waals surface area contributed by atoms with E-state index in [0.29, 0.717) is 5.82 Å². The molecule has 5 heteroatoms. The minimum Gasteiger partial charge on any atom is -0.455 e. The lowest BCUT2D eigenvalue weighted by Crippen LogP contribution is -1.97. The van der Waals surface area contributed by atoms with Gasteiger partial charge in [-0.15, -0.1) is 11.3 Å². The summed E-state index contributed by atoms with van der Waals surface area (Å²) in [6.45, 7) is 0. The van der Waals surface area contributed by atoms with Crippen LogP contribution in [0.2, 0.25) is 0 Å². The second-order valence-electron chi connectivity index (χ2n) is 12.4. The summed E-state index contributed by atoms with van der Waals surface area (Å²) in [7, 11) is 0. The molecule has 0 unspecified atom stereocenters. The Labute approximate surface area is 292 Å². The minimum absolute atomic E-state index is 0.641. The molecule has 4 nitrogen and oxygen atoms in total. The molecule has 50 heavy (non-hydrogen) atoms. The first-order valence-corrected chi connectivity index (χ1v) is 17.4. The molecule has 4 heterocycles. The number of thiophene rings is 1. The van der Waals surface area contributed by atoms with Crippen LogP contribution >= 0.6 is 11.3 Å². The van der Waals surface area contributed by atoms with Gasteiger partial charge in [-0.3, -0.25) is 4.98 Å². The molecule has 0 aliphatic rings. The lowest BCUT2D eigenvalue weighted by molar-refractivity contribution is 0.670. The first kappa shape index (κ1) is 28.6. The Bertz CT molecular complexity index is 2870. The summed E-state index contributed by atoms with van der Waals surface area (Å²) < 4.78 is 9.31. The number of benzene rings is 6. The second-order valence-corrected chi connectivity index (χ2v) is 13.5. The number of aromatic nitrogens is 3. The van der Waals surface area contributed by atoms with Crippen molar-refractivity contribution < 1.29 is 4.42 Å². The van der Waals surface area contributed by atoms with Crippen LogP contribution in [0.25, 0.3) is 98.4 Å². The Kier molecular flexibility index (Phi) is 6.64. The molecule has 0 amide bonds. The maximum Gasteiger partial charge on any atom is 0.160 e. The number of hydrogen-bond donors (Lipinski definition) is 0. The number of para-hydroxylation sites is 1. The van der Waals surface area contributed by atoms with Crippen molar-refractivity contribution in [1.82, 2.24) is 15.0 Å². The third-order valence-corrected chi connectivity index (χ3v) is 10.5. The molecular formula is C45H27N3OS. The quantitative estimate of drug-likeness (QED) is 0.185. The van der Waals surface area contributed by atoms with Crippen LogP contribution in [0.1, 0.15) is 0 Å². The van der Waals surface area contributed by atoms with E-state index in [9.17, 15) is 0 Å². The van der Waals surface area contributed by atoms with Crippen LogP contribution in [0.5, 0.6) is 0 Å². The first-order chi connectivity index (χ1) is 24.8. The van der Waals surface area contributed by atoms with Gasteiger partial charge in [-0.2, -0.15) is 0 Å². The van der Waals surface area contributed by atoms with Crippen molar-refractivity contribution in [2.24, 2.45) is 0 Å². The molecule has 0 radical (unpaired) electrons. The molecule has 10 aromatic rings. The van der Waals surface area contributed by atoms with E-state index in [1.54, 1.807) is 0 Å². The van der Waals surface area contributed by atoms with Crippen molar-refractivity contribution in [3.63, 3.8) is 0 Å². The minimum atomic E-state index is 0.641. The van der Waals surface area contributed by atoms with E-state index >= 15 is 0 Å². The number of pyridine rings is 1. The van der Waals surface area contributed by atoms with Crippen LogP contribution in [0, 0.1) is 0 Å². The number of furan rings is 1.